The van der Waals surface area contributed by atoms with Crippen molar-refractivity contribution in [3.63, 3.8) is 0 Å². The van der Waals surface area contributed by atoms with Crippen LogP contribution in [0.5, 0.6) is 11.6 Å². The van der Waals surface area contributed by atoms with Crippen LogP contribution in [0.4, 0.5) is 4.39 Å². The van der Waals surface area contributed by atoms with Crippen LogP contribution >= 0.6 is 0 Å². The highest BCUT2D eigenvalue weighted by atomic mass is 19.1. The van der Waals surface area contributed by atoms with Crippen molar-refractivity contribution in [2.75, 3.05) is 6.61 Å². The number of halogens is 1. The molecule has 1 aromatic heterocycles. The van der Waals surface area contributed by atoms with Gasteiger partial charge in [-0.05, 0) is 54.4 Å². The second-order valence-corrected chi connectivity index (χ2v) is 6.78. The summed E-state index contributed by atoms with van der Waals surface area (Å²) in [4.78, 5) is 25.9. The lowest BCUT2D eigenvalue weighted by Crippen LogP contribution is -2.27. The largest absolute Gasteiger partial charge is 0.494 e. The minimum atomic E-state index is -0.730. The van der Waals surface area contributed by atoms with Crippen LogP contribution in [-0.2, 0) is 6.54 Å². The third-order valence-electron chi connectivity index (χ3n) is 4.77. The minimum Gasteiger partial charge on any atom is -0.494 e. The van der Waals surface area contributed by atoms with E-state index in [1.807, 2.05) is 6.07 Å². The van der Waals surface area contributed by atoms with E-state index in [2.05, 4.69) is 6.58 Å². The van der Waals surface area contributed by atoms with Crippen molar-refractivity contribution in [2.45, 2.75) is 13.5 Å². The maximum atomic E-state index is 13.2. The number of nitrogens with zero attached hydrogens (tertiary/aromatic N) is 2. The fraction of sp³-hybridized carbons (Fsp3) is 0.125. The summed E-state index contributed by atoms with van der Waals surface area (Å²) in [6, 6.07) is 13.4. The Kier molecular flexibility index (Phi) is 6.32. The summed E-state index contributed by atoms with van der Waals surface area (Å²) in [5.41, 5.74) is -0.245. The average molecular weight is 418 g/mol. The van der Waals surface area contributed by atoms with E-state index in [1.54, 1.807) is 18.2 Å². The van der Waals surface area contributed by atoms with Gasteiger partial charge in [0.15, 0.2) is 5.78 Å². The quantitative estimate of drug-likeness (QED) is 0.466. The lowest BCUT2D eigenvalue weighted by atomic mass is 9.97. The van der Waals surface area contributed by atoms with Crippen LogP contribution in [0, 0.1) is 24.1 Å². The normalized spacial score (nSPS) is 10.4. The number of nitriles is 1. The molecule has 0 atom stereocenters. The molecule has 0 fully saturated rings. The maximum Gasteiger partial charge on any atom is 0.271 e. The second-order valence-electron chi connectivity index (χ2n) is 6.78. The predicted molar refractivity (Wildman–Crippen MR) is 113 cm³/mol. The first-order valence-corrected chi connectivity index (χ1v) is 9.36. The first-order valence-electron chi connectivity index (χ1n) is 9.36. The third-order valence-corrected chi connectivity index (χ3v) is 4.77. The molecule has 0 aliphatic carbocycles. The number of ketones is 1. The van der Waals surface area contributed by atoms with Gasteiger partial charge >= 0.3 is 0 Å². The molecular weight excluding hydrogens is 399 g/mol. The molecule has 1 heterocycles. The van der Waals surface area contributed by atoms with Crippen molar-refractivity contribution < 1.29 is 19.0 Å². The van der Waals surface area contributed by atoms with Gasteiger partial charge in [-0.25, -0.2) is 4.39 Å². The smallest absolute Gasteiger partial charge is 0.271 e. The minimum absolute atomic E-state index is 0.0948. The Morgan fingerprint density at radius 3 is 2.45 bits per heavy atom. The van der Waals surface area contributed by atoms with Gasteiger partial charge in [-0.1, -0.05) is 24.8 Å². The van der Waals surface area contributed by atoms with Gasteiger partial charge < -0.3 is 9.84 Å². The lowest BCUT2D eigenvalue weighted by Gasteiger charge is -2.16. The van der Waals surface area contributed by atoms with E-state index in [9.17, 15) is 24.3 Å². The summed E-state index contributed by atoms with van der Waals surface area (Å²) in [6.45, 7) is 5.19. The van der Waals surface area contributed by atoms with Crippen LogP contribution in [0.3, 0.4) is 0 Å². The van der Waals surface area contributed by atoms with Crippen LogP contribution in [0.15, 0.2) is 66.0 Å². The van der Waals surface area contributed by atoms with E-state index in [1.165, 1.54) is 43.3 Å². The second kappa shape index (κ2) is 9.09. The van der Waals surface area contributed by atoms with Gasteiger partial charge in [0, 0.05) is 5.56 Å². The zero-order valence-electron chi connectivity index (χ0n) is 16.8. The number of aromatic nitrogens is 1. The molecule has 0 bridgehead atoms. The molecule has 0 saturated carbocycles. The van der Waals surface area contributed by atoms with Crippen molar-refractivity contribution in [3.05, 3.63) is 105 Å². The van der Waals surface area contributed by atoms with Crippen molar-refractivity contribution in [1.82, 2.24) is 4.57 Å². The van der Waals surface area contributed by atoms with Crippen LogP contribution in [-0.4, -0.2) is 22.1 Å². The van der Waals surface area contributed by atoms with Gasteiger partial charge in [-0.3, -0.25) is 14.2 Å². The first kappa shape index (κ1) is 21.5. The molecule has 0 spiro atoms. The maximum absolute atomic E-state index is 13.2. The molecule has 156 valence electrons. The molecule has 0 saturated heterocycles. The molecule has 1 N–H and O–H groups in total. The summed E-state index contributed by atoms with van der Waals surface area (Å²) in [5.74, 6) is -1.01. The van der Waals surface area contributed by atoms with Crippen LogP contribution in [0.25, 0.3) is 0 Å². The summed E-state index contributed by atoms with van der Waals surface area (Å²) in [6.07, 6.45) is 1.59. The molecular formula is C24H19FN2O4. The number of ether oxygens (including phenoxy) is 1. The Morgan fingerprint density at radius 1 is 1.23 bits per heavy atom. The van der Waals surface area contributed by atoms with Gasteiger partial charge in [0.1, 0.15) is 29.8 Å². The van der Waals surface area contributed by atoms with Crippen molar-refractivity contribution in [3.8, 4) is 17.7 Å². The number of rotatable bonds is 7. The van der Waals surface area contributed by atoms with Crippen molar-refractivity contribution in [2.24, 2.45) is 0 Å². The molecule has 0 unspecified atom stereocenters. The van der Waals surface area contributed by atoms with E-state index in [0.29, 0.717) is 17.9 Å². The van der Waals surface area contributed by atoms with E-state index >= 15 is 0 Å². The topological polar surface area (TPSA) is 92.3 Å². The first-order chi connectivity index (χ1) is 14.9. The summed E-state index contributed by atoms with van der Waals surface area (Å²) >= 11 is 0. The summed E-state index contributed by atoms with van der Waals surface area (Å²) < 4.78 is 19.5. The fourth-order valence-corrected chi connectivity index (χ4v) is 3.14. The Bertz CT molecular complexity index is 1240. The highest BCUT2D eigenvalue weighted by Gasteiger charge is 2.25. The highest BCUT2D eigenvalue weighted by Crippen LogP contribution is 2.26. The number of hydrogen-bond acceptors (Lipinski definition) is 5. The highest BCUT2D eigenvalue weighted by molar-refractivity contribution is 6.11. The zero-order chi connectivity index (χ0) is 22.5. The van der Waals surface area contributed by atoms with E-state index in [-0.39, 0.29) is 28.8 Å². The molecule has 3 rings (SSSR count). The zero-order valence-corrected chi connectivity index (χ0v) is 16.8. The molecule has 6 nitrogen and oxygen atoms in total. The van der Waals surface area contributed by atoms with Gasteiger partial charge in [-0.15, -0.1) is 0 Å². The third kappa shape index (κ3) is 4.38. The van der Waals surface area contributed by atoms with Crippen LogP contribution < -0.4 is 10.3 Å². The Balaban J connectivity index is 2.08. The predicted octanol–water partition coefficient (Wildman–Crippen LogP) is 3.72. The molecule has 3 aromatic rings. The number of pyridine rings is 1. The fourth-order valence-electron chi connectivity index (χ4n) is 3.14. The average Bonchev–Trinajstić information content (AvgIpc) is 2.77. The van der Waals surface area contributed by atoms with Gasteiger partial charge in [0.05, 0.1) is 12.1 Å². The number of carbonyl (C=O) groups is 1. The Morgan fingerprint density at radius 2 is 1.87 bits per heavy atom. The molecule has 7 heteroatoms. The van der Waals surface area contributed by atoms with Gasteiger partial charge in [0.2, 0.25) is 5.88 Å². The molecule has 31 heavy (non-hydrogen) atoms. The van der Waals surface area contributed by atoms with Crippen molar-refractivity contribution in [1.29, 1.82) is 5.26 Å². The van der Waals surface area contributed by atoms with Crippen LogP contribution in [0.1, 0.15) is 32.6 Å². The summed E-state index contributed by atoms with van der Waals surface area (Å²) in [5, 5.41) is 20.3. The summed E-state index contributed by atoms with van der Waals surface area (Å²) in [7, 11) is 0. The van der Waals surface area contributed by atoms with E-state index in [0.717, 1.165) is 4.57 Å². The molecule has 0 radical (unpaired) electrons. The number of hydrogen-bond donors (Lipinski definition) is 1. The van der Waals surface area contributed by atoms with Crippen LogP contribution in [0.2, 0.25) is 0 Å². The number of aromatic hydroxyl groups is 1. The SMILES string of the molecule is C=CCOc1ccc(C(=O)c2c(C)c(C#N)c(=O)n(Cc3ccc(F)cc3)c2O)cc1. The van der Waals surface area contributed by atoms with E-state index < -0.39 is 23.0 Å². The Hall–Kier alpha value is -4.18. The van der Waals surface area contributed by atoms with Gasteiger partial charge in [0.25, 0.3) is 5.56 Å². The molecule has 0 amide bonds. The molecule has 0 aliphatic rings. The van der Waals surface area contributed by atoms with Crippen molar-refractivity contribution >= 4 is 5.78 Å². The van der Waals surface area contributed by atoms with E-state index in [4.69, 9.17) is 4.74 Å². The monoisotopic (exact) mass is 418 g/mol. The molecule has 2 aromatic carbocycles. The standard InChI is InChI=1S/C24H19FN2O4/c1-3-12-31-19-10-6-17(7-11-19)22(28)21-15(2)20(13-26)23(29)27(24(21)30)14-16-4-8-18(25)9-5-16/h3-11,30H,1,12,14H2,2H3. The molecule has 0 aliphatic heterocycles. The number of benzene rings is 2. The van der Waals surface area contributed by atoms with Gasteiger partial charge in [-0.2, -0.15) is 5.26 Å². The number of carbonyl (C=O) groups excluding carboxylic acids is 1. The Labute approximate surface area is 178 Å². The lowest BCUT2D eigenvalue weighted by molar-refractivity contribution is 0.103.